The number of ketones is 1. The molecule has 2 N–H and O–H groups in total. The van der Waals surface area contributed by atoms with Gasteiger partial charge in [-0.2, -0.15) is 8.42 Å². The molecule has 0 amide bonds. The minimum absolute atomic E-state index is 0.0238. The maximum Gasteiger partial charge on any atom is 0.374 e. The maximum absolute atomic E-state index is 10.9. The first kappa shape index (κ1) is 18.0. The molecule has 0 aromatic carbocycles. The van der Waals surface area contributed by atoms with Gasteiger partial charge in [-0.1, -0.05) is 0 Å². The van der Waals surface area contributed by atoms with Gasteiger partial charge in [0.25, 0.3) is 10.1 Å². The van der Waals surface area contributed by atoms with Crippen molar-refractivity contribution in [1.82, 2.24) is 0 Å². The van der Waals surface area contributed by atoms with Crippen LogP contribution in [0.3, 0.4) is 0 Å². The van der Waals surface area contributed by atoms with Crippen molar-refractivity contribution in [3.8, 4) is 0 Å². The van der Waals surface area contributed by atoms with E-state index in [0.717, 1.165) is 6.92 Å². The summed E-state index contributed by atoms with van der Waals surface area (Å²) in [7, 11) is -0.852. The molecular weight excluding hydrogens is 278 g/mol. The zero-order chi connectivity index (χ0) is 15.3. The summed E-state index contributed by atoms with van der Waals surface area (Å²) in [5.41, 5.74) is 0. The zero-order valence-electron chi connectivity index (χ0n) is 11.2. The van der Waals surface area contributed by atoms with Crippen LogP contribution in [0, 0.1) is 0 Å². The third-order valence-electron chi connectivity index (χ3n) is 2.33. The van der Waals surface area contributed by atoms with Crippen LogP contribution in [0.15, 0.2) is 0 Å². The Labute approximate surface area is 112 Å². The molecule has 8 nitrogen and oxygen atoms in total. The molecule has 0 spiro atoms. The van der Waals surface area contributed by atoms with Crippen LogP contribution in [0.25, 0.3) is 0 Å². The second kappa shape index (κ2) is 6.94. The fourth-order valence-corrected chi connectivity index (χ4v) is 2.04. The van der Waals surface area contributed by atoms with Gasteiger partial charge in [0.15, 0.2) is 0 Å². The van der Waals surface area contributed by atoms with E-state index in [-0.39, 0.29) is 17.6 Å². The van der Waals surface area contributed by atoms with Crippen LogP contribution in [0.2, 0.25) is 0 Å². The van der Waals surface area contributed by atoms with Gasteiger partial charge < -0.3 is 14.3 Å². The molecule has 0 aromatic rings. The lowest BCUT2D eigenvalue weighted by Gasteiger charge is -2.31. The number of carbonyl (C=O) groups is 2. The van der Waals surface area contributed by atoms with E-state index in [1.807, 2.05) is 0 Å². The molecule has 112 valence electrons. The Balaban J connectivity index is 4.18. The second-order valence-corrected chi connectivity index (χ2v) is 6.43. The molecule has 0 fully saturated rings. The van der Waals surface area contributed by atoms with Crippen LogP contribution in [-0.4, -0.2) is 80.0 Å². The molecule has 0 aliphatic rings. The van der Waals surface area contributed by atoms with Crippen molar-refractivity contribution >= 4 is 21.9 Å². The topological polar surface area (TPSA) is 118 Å². The van der Waals surface area contributed by atoms with Gasteiger partial charge in [-0.05, 0) is 0 Å². The lowest BCUT2D eigenvalue weighted by molar-refractivity contribution is -0.893. The molecule has 0 bridgehead atoms. The number of esters is 1. The molecule has 19 heavy (non-hydrogen) atoms. The van der Waals surface area contributed by atoms with E-state index >= 15 is 0 Å². The van der Waals surface area contributed by atoms with E-state index in [1.165, 1.54) is 0 Å². The number of carbonyl (C=O) groups excluding carboxylic acids is 2. The van der Waals surface area contributed by atoms with Crippen molar-refractivity contribution in [2.24, 2.45) is 0 Å². The van der Waals surface area contributed by atoms with Crippen molar-refractivity contribution in [1.29, 1.82) is 0 Å². The van der Waals surface area contributed by atoms with Crippen molar-refractivity contribution in [3.63, 3.8) is 0 Å². The van der Waals surface area contributed by atoms with Gasteiger partial charge in [-0.3, -0.25) is 9.35 Å². The van der Waals surface area contributed by atoms with Gasteiger partial charge >= 0.3 is 5.97 Å². The van der Waals surface area contributed by atoms with E-state index in [0.29, 0.717) is 6.54 Å². The minimum Gasteiger partial charge on any atom is -0.454 e. The number of nitrogens with zero attached hydrogens (tertiary/aromatic N) is 1. The number of hydrogen-bond acceptors (Lipinski definition) is 6. The van der Waals surface area contributed by atoms with Gasteiger partial charge in [0.05, 0.1) is 14.1 Å². The molecular formula is C10H20NO7S+. The van der Waals surface area contributed by atoms with E-state index in [1.54, 1.807) is 14.1 Å². The summed E-state index contributed by atoms with van der Waals surface area (Å²) in [6.45, 7) is 1.42. The third-order valence-corrected chi connectivity index (χ3v) is 3.13. The van der Waals surface area contributed by atoms with Gasteiger partial charge in [-0.25, -0.2) is 4.79 Å². The first-order valence-corrected chi connectivity index (χ1v) is 7.17. The molecule has 0 aliphatic carbocycles. The van der Waals surface area contributed by atoms with Crippen LogP contribution >= 0.6 is 0 Å². The van der Waals surface area contributed by atoms with Gasteiger partial charge in [0.2, 0.25) is 5.78 Å². The van der Waals surface area contributed by atoms with Crippen molar-refractivity contribution in [3.05, 3.63) is 0 Å². The first-order valence-electron chi connectivity index (χ1n) is 5.56. The average Bonchev–Trinajstić information content (AvgIpc) is 2.12. The molecule has 0 rings (SSSR count). The van der Waals surface area contributed by atoms with Crippen molar-refractivity contribution in [2.45, 2.75) is 13.0 Å². The summed E-state index contributed by atoms with van der Waals surface area (Å²) in [6.07, 6.45) is -1.23. The fourth-order valence-electron chi connectivity index (χ4n) is 1.44. The highest BCUT2D eigenvalue weighted by atomic mass is 32.2. The van der Waals surface area contributed by atoms with E-state index in [9.17, 15) is 23.1 Å². The van der Waals surface area contributed by atoms with Crippen molar-refractivity contribution in [2.75, 3.05) is 39.5 Å². The number of likely N-dealkylation sites (N-methyl/N-ethyl adjacent to an activating group) is 1. The number of Topliss-reactive ketones (excluding diaryl/α,β-unsaturated/α-hetero) is 1. The average molecular weight is 298 g/mol. The SMILES string of the molecule is CC(=O)C(=O)OCC[N+](C)(C)CC(O)CS(=O)(=O)O. The number of hydrogen-bond donors (Lipinski definition) is 2. The molecule has 1 atom stereocenters. The highest BCUT2D eigenvalue weighted by Gasteiger charge is 2.24. The van der Waals surface area contributed by atoms with Gasteiger partial charge in [0.1, 0.15) is 31.6 Å². The number of aliphatic hydroxyl groups excluding tert-OH is 1. The zero-order valence-corrected chi connectivity index (χ0v) is 12.0. The van der Waals surface area contributed by atoms with Crippen LogP contribution in [0.1, 0.15) is 6.92 Å². The summed E-state index contributed by atoms with van der Waals surface area (Å²) in [6, 6.07) is 0. The quantitative estimate of drug-likeness (QED) is 0.241. The monoisotopic (exact) mass is 298 g/mol. The minimum atomic E-state index is -4.23. The molecule has 0 aliphatic heterocycles. The summed E-state index contributed by atoms with van der Waals surface area (Å²) < 4.78 is 34.6. The maximum atomic E-state index is 10.9. The van der Waals surface area contributed by atoms with E-state index < -0.39 is 33.7 Å². The molecule has 0 heterocycles. The van der Waals surface area contributed by atoms with Crippen LogP contribution in [0.4, 0.5) is 0 Å². The predicted octanol–water partition coefficient (Wildman–Crippen LogP) is -1.56. The lowest BCUT2D eigenvalue weighted by Crippen LogP contribution is -2.49. The molecule has 1 unspecified atom stereocenters. The van der Waals surface area contributed by atoms with Crippen LogP contribution in [0.5, 0.6) is 0 Å². The Kier molecular flexibility index (Phi) is 6.57. The number of rotatable bonds is 8. The van der Waals surface area contributed by atoms with Crippen LogP contribution in [-0.2, 0) is 24.4 Å². The standard InChI is InChI=1S/C10H19NO7S/c1-8(12)10(14)18-5-4-11(2,3)6-9(13)7-19(15,16)17/h9,13H,4-7H2,1-3H3/p+1. The smallest absolute Gasteiger partial charge is 0.374 e. The van der Waals surface area contributed by atoms with Crippen molar-refractivity contribution < 1.29 is 36.9 Å². The highest BCUT2D eigenvalue weighted by molar-refractivity contribution is 7.85. The van der Waals surface area contributed by atoms with E-state index in [2.05, 4.69) is 4.74 Å². The first-order chi connectivity index (χ1) is 8.43. The summed E-state index contributed by atoms with van der Waals surface area (Å²) >= 11 is 0. The Morgan fingerprint density at radius 1 is 1.32 bits per heavy atom. The van der Waals surface area contributed by atoms with Gasteiger partial charge in [0, 0.05) is 6.92 Å². The third kappa shape index (κ3) is 9.54. The lowest BCUT2D eigenvalue weighted by atomic mass is 10.3. The second-order valence-electron chi connectivity index (χ2n) is 4.94. The normalized spacial score (nSPS) is 13.9. The van der Waals surface area contributed by atoms with Crippen LogP contribution < -0.4 is 0 Å². The molecule has 0 saturated heterocycles. The number of quaternary nitrogens is 1. The Hall–Kier alpha value is -1.03. The molecule has 9 heteroatoms. The predicted molar refractivity (Wildman–Crippen MR) is 65.9 cm³/mol. The summed E-state index contributed by atoms with van der Waals surface area (Å²) in [5.74, 6) is -2.38. The molecule has 0 saturated carbocycles. The Morgan fingerprint density at radius 2 is 1.84 bits per heavy atom. The largest absolute Gasteiger partial charge is 0.454 e. The van der Waals surface area contributed by atoms with E-state index in [4.69, 9.17) is 4.55 Å². The Bertz CT molecular complexity index is 429. The fraction of sp³-hybridized carbons (Fsp3) is 0.800. The number of aliphatic hydroxyl groups is 1. The summed E-state index contributed by atoms with van der Waals surface area (Å²) in [5, 5.41) is 9.50. The molecule has 0 aromatic heterocycles. The molecule has 0 radical (unpaired) electrons. The summed E-state index contributed by atoms with van der Waals surface area (Å²) in [4.78, 5) is 21.5. The number of ether oxygens (including phenoxy) is 1. The highest BCUT2D eigenvalue weighted by Crippen LogP contribution is 2.02. The Morgan fingerprint density at radius 3 is 2.26 bits per heavy atom. The van der Waals surface area contributed by atoms with Gasteiger partial charge in [-0.15, -0.1) is 0 Å².